The van der Waals surface area contributed by atoms with Gasteiger partial charge in [0, 0.05) is 12.7 Å². The number of nitrogens with one attached hydrogen (secondary N) is 1. The Balaban J connectivity index is 2.04. The number of rotatable bonds is 4. The van der Waals surface area contributed by atoms with Crippen LogP contribution in [-0.4, -0.2) is 25.9 Å². The van der Waals surface area contributed by atoms with Crippen molar-refractivity contribution in [3.63, 3.8) is 0 Å². The average molecular weight is 295 g/mol. The summed E-state index contributed by atoms with van der Waals surface area (Å²) in [5, 5.41) is 6.59. The number of hydrogen-bond acceptors (Lipinski definition) is 5. The molecule has 0 bridgehead atoms. The Kier molecular flexibility index (Phi) is 4.23. The highest BCUT2D eigenvalue weighted by molar-refractivity contribution is 8.00. The molecule has 1 atom stereocenters. The van der Waals surface area contributed by atoms with Gasteiger partial charge >= 0.3 is 0 Å². The van der Waals surface area contributed by atoms with Crippen molar-refractivity contribution in [2.45, 2.75) is 17.3 Å². The number of anilines is 2. The maximum absolute atomic E-state index is 13.5. The fourth-order valence-electron chi connectivity index (χ4n) is 1.48. The summed E-state index contributed by atoms with van der Waals surface area (Å²) < 4.78 is 15.1. The topological polar surface area (TPSA) is 85.8 Å². The molecule has 6 nitrogen and oxygen atoms in total. The fraction of sp³-hybridized carbons (Fsp3) is 0.250. The summed E-state index contributed by atoms with van der Waals surface area (Å²) in [4.78, 5) is 16.0. The van der Waals surface area contributed by atoms with Crippen molar-refractivity contribution in [1.82, 2.24) is 14.8 Å². The Hall–Kier alpha value is -2.09. The monoisotopic (exact) mass is 295 g/mol. The molecule has 2 rings (SSSR count). The van der Waals surface area contributed by atoms with E-state index in [1.54, 1.807) is 18.7 Å². The van der Waals surface area contributed by atoms with Crippen LogP contribution in [-0.2, 0) is 11.8 Å². The summed E-state index contributed by atoms with van der Waals surface area (Å²) in [7, 11) is 1.73. The molecule has 3 N–H and O–H groups in total. The molecule has 0 saturated carbocycles. The zero-order chi connectivity index (χ0) is 14.7. The molecule has 106 valence electrons. The second-order valence-electron chi connectivity index (χ2n) is 4.15. The molecule has 1 heterocycles. The fourth-order valence-corrected chi connectivity index (χ4v) is 2.27. The summed E-state index contributed by atoms with van der Waals surface area (Å²) in [6.45, 7) is 1.71. The summed E-state index contributed by atoms with van der Waals surface area (Å²) in [6.07, 6.45) is 1.41. The highest BCUT2D eigenvalue weighted by Gasteiger charge is 2.18. The molecule has 20 heavy (non-hydrogen) atoms. The number of carbonyl (C=O) groups excluding carboxylic acids is 1. The minimum atomic E-state index is -0.525. The van der Waals surface area contributed by atoms with E-state index >= 15 is 0 Å². The lowest BCUT2D eigenvalue weighted by atomic mass is 10.2. The van der Waals surface area contributed by atoms with Gasteiger partial charge in [0.15, 0.2) is 5.16 Å². The number of carbonyl (C=O) groups is 1. The molecule has 0 aliphatic carbocycles. The van der Waals surface area contributed by atoms with Gasteiger partial charge in [-0.1, -0.05) is 11.8 Å². The van der Waals surface area contributed by atoms with E-state index in [1.807, 2.05) is 0 Å². The molecule has 2 aromatic rings. The van der Waals surface area contributed by atoms with Crippen molar-refractivity contribution in [3.8, 4) is 0 Å². The summed E-state index contributed by atoms with van der Waals surface area (Å²) in [5.41, 5.74) is 6.02. The maximum Gasteiger partial charge on any atom is 0.237 e. The van der Waals surface area contributed by atoms with Gasteiger partial charge in [-0.05, 0) is 25.1 Å². The molecule has 0 fully saturated rings. The molecule has 1 aromatic carbocycles. The lowest BCUT2D eigenvalue weighted by Crippen LogP contribution is -2.23. The van der Waals surface area contributed by atoms with Gasteiger partial charge in [-0.15, -0.1) is 0 Å². The van der Waals surface area contributed by atoms with Crippen molar-refractivity contribution in [3.05, 3.63) is 30.3 Å². The number of amides is 1. The van der Waals surface area contributed by atoms with E-state index < -0.39 is 11.1 Å². The minimum absolute atomic E-state index is 0.0698. The van der Waals surface area contributed by atoms with E-state index in [0.717, 1.165) is 0 Å². The Labute approximate surface area is 119 Å². The van der Waals surface area contributed by atoms with Crippen LogP contribution in [0.2, 0.25) is 0 Å². The molecule has 1 amide bonds. The number of halogens is 1. The van der Waals surface area contributed by atoms with Crippen LogP contribution in [0.4, 0.5) is 15.8 Å². The Morgan fingerprint density at radius 3 is 2.95 bits per heavy atom. The summed E-state index contributed by atoms with van der Waals surface area (Å²) in [5.74, 6) is -0.856. The largest absolute Gasteiger partial charge is 0.399 e. The van der Waals surface area contributed by atoms with Crippen LogP contribution in [0.1, 0.15) is 6.92 Å². The predicted molar refractivity (Wildman–Crippen MR) is 75.8 cm³/mol. The van der Waals surface area contributed by atoms with Crippen LogP contribution in [0.15, 0.2) is 29.7 Å². The number of benzene rings is 1. The van der Waals surface area contributed by atoms with E-state index in [4.69, 9.17) is 5.73 Å². The second-order valence-corrected chi connectivity index (χ2v) is 5.46. The Morgan fingerprint density at radius 2 is 2.30 bits per heavy atom. The van der Waals surface area contributed by atoms with Crippen molar-refractivity contribution in [1.29, 1.82) is 0 Å². The average Bonchev–Trinajstić information content (AvgIpc) is 2.79. The smallest absolute Gasteiger partial charge is 0.237 e. The number of aryl methyl sites for hydroxylation is 1. The van der Waals surface area contributed by atoms with Gasteiger partial charge < -0.3 is 11.1 Å². The molecule has 1 unspecified atom stereocenters. The number of nitrogen functional groups attached to an aromatic ring is 1. The molecule has 8 heteroatoms. The second kappa shape index (κ2) is 5.91. The van der Waals surface area contributed by atoms with Gasteiger partial charge in [0.05, 0.1) is 10.9 Å². The Morgan fingerprint density at radius 1 is 1.55 bits per heavy atom. The number of aromatic nitrogens is 3. The zero-order valence-corrected chi connectivity index (χ0v) is 11.8. The number of thioether (sulfide) groups is 1. The first-order valence-corrected chi connectivity index (χ1v) is 6.72. The normalized spacial score (nSPS) is 12.2. The van der Waals surface area contributed by atoms with Crippen LogP contribution in [0, 0.1) is 5.82 Å². The molecular weight excluding hydrogens is 281 g/mol. The first kappa shape index (κ1) is 14.3. The molecule has 0 aliphatic rings. The predicted octanol–water partition coefficient (Wildman–Crippen LogP) is 1.66. The van der Waals surface area contributed by atoms with Gasteiger partial charge in [0.25, 0.3) is 0 Å². The number of nitrogens with two attached hydrogens (primary N) is 1. The first-order valence-electron chi connectivity index (χ1n) is 5.84. The van der Waals surface area contributed by atoms with Gasteiger partial charge in [-0.2, -0.15) is 5.10 Å². The summed E-state index contributed by atoms with van der Waals surface area (Å²) >= 11 is 1.24. The molecule has 0 saturated heterocycles. The van der Waals surface area contributed by atoms with Crippen molar-refractivity contribution < 1.29 is 9.18 Å². The van der Waals surface area contributed by atoms with E-state index in [1.165, 1.54) is 36.3 Å². The SMILES string of the molecule is CC(Sc1ncnn1C)C(=O)Nc1cc(N)ccc1F. The lowest BCUT2D eigenvalue weighted by molar-refractivity contribution is -0.115. The van der Waals surface area contributed by atoms with Crippen LogP contribution in [0.25, 0.3) is 0 Å². The molecule has 0 spiro atoms. The Bertz CT molecular complexity index is 630. The number of nitrogens with zero attached hydrogens (tertiary/aromatic N) is 3. The van der Waals surface area contributed by atoms with Gasteiger partial charge in [-0.25, -0.2) is 14.1 Å². The molecular formula is C12H14FN5OS. The summed E-state index contributed by atoms with van der Waals surface area (Å²) in [6, 6.07) is 4.03. The molecule has 0 radical (unpaired) electrons. The number of hydrogen-bond donors (Lipinski definition) is 2. The quantitative estimate of drug-likeness (QED) is 0.662. The van der Waals surface area contributed by atoms with Gasteiger partial charge in [0.2, 0.25) is 5.91 Å². The van der Waals surface area contributed by atoms with Crippen molar-refractivity contribution in [2.75, 3.05) is 11.1 Å². The van der Waals surface area contributed by atoms with E-state index in [-0.39, 0.29) is 11.6 Å². The lowest BCUT2D eigenvalue weighted by Gasteiger charge is -2.12. The van der Waals surface area contributed by atoms with Crippen LogP contribution in [0.3, 0.4) is 0 Å². The third-order valence-corrected chi connectivity index (χ3v) is 3.72. The highest BCUT2D eigenvalue weighted by Crippen LogP contribution is 2.23. The van der Waals surface area contributed by atoms with Crippen molar-refractivity contribution in [2.24, 2.45) is 7.05 Å². The van der Waals surface area contributed by atoms with E-state index in [9.17, 15) is 9.18 Å². The third kappa shape index (κ3) is 3.27. The van der Waals surface area contributed by atoms with Gasteiger partial charge in [-0.3, -0.25) is 4.79 Å². The highest BCUT2D eigenvalue weighted by atomic mass is 32.2. The minimum Gasteiger partial charge on any atom is -0.399 e. The van der Waals surface area contributed by atoms with E-state index in [2.05, 4.69) is 15.4 Å². The third-order valence-electron chi connectivity index (χ3n) is 2.57. The van der Waals surface area contributed by atoms with Crippen LogP contribution >= 0.6 is 11.8 Å². The first-order chi connectivity index (χ1) is 9.47. The van der Waals surface area contributed by atoms with Gasteiger partial charge in [0.1, 0.15) is 12.1 Å². The molecule has 1 aromatic heterocycles. The van der Waals surface area contributed by atoms with Crippen LogP contribution in [0.5, 0.6) is 0 Å². The molecule has 0 aliphatic heterocycles. The van der Waals surface area contributed by atoms with Crippen LogP contribution < -0.4 is 11.1 Å². The zero-order valence-electron chi connectivity index (χ0n) is 11.0. The van der Waals surface area contributed by atoms with Crippen molar-refractivity contribution >= 4 is 29.0 Å². The standard InChI is InChI=1S/C12H14FN5OS/c1-7(20-12-15-6-16-18(12)2)11(19)17-10-5-8(14)3-4-9(10)13/h3-7H,14H2,1-2H3,(H,17,19). The maximum atomic E-state index is 13.5. The van der Waals surface area contributed by atoms with E-state index in [0.29, 0.717) is 10.8 Å².